The predicted molar refractivity (Wildman–Crippen MR) is 69.1 cm³/mol. The first-order valence-electron chi connectivity index (χ1n) is 5.77. The highest BCUT2D eigenvalue weighted by molar-refractivity contribution is 7.80. The Balaban J connectivity index is 2.50. The third kappa shape index (κ3) is 3.70. The molecule has 0 aromatic rings. The third-order valence-electron chi connectivity index (χ3n) is 3.42. The Morgan fingerprint density at radius 3 is 2.67 bits per heavy atom. The number of nitrogens with zero attached hydrogens (tertiary/aromatic N) is 2. The van der Waals surface area contributed by atoms with Crippen LogP contribution >= 0.6 is 12.2 Å². The van der Waals surface area contributed by atoms with Gasteiger partial charge in [0.25, 0.3) is 0 Å². The van der Waals surface area contributed by atoms with Gasteiger partial charge < -0.3 is 10.6 Å². The average molecular weight is 229 g/mol. The zero-order valence-corrected chi connectivity index (χ0v) is 10.9. The first-order valence-corrected chi connectivity index (χ1v) is 6.18. The molecule has 0 saturated carbocycles. The molecular formula is C11H23N3S. The van der Waals surface area contributed by atoms with E-state index >= 15 is 0 Å². The molecule has 88 valence electrons. The van der Waals surface area contributed by atoms with Gasteiger partial charge in [0.05, 0.1) is 4.99 Å². The average Bonchev–Trinajstić information content (AvgIpc) is 2.18. The van der Waals surface area contributed by atoms with Gasteiger partial charge in [0.15, 0.2) is 0 Å². The zero-order valence-electron chi connectivity index (χ0n) is 10.1. The summed E-state index contributed by atoms with van der Waals surface area (Å²) >= 11 is 5.00. The summed E-state index contributed by atoms with van der Waals surface area (Å²) in [6.07, 6.45) is 2.00. The predicted octanol–water partition coefficient (Wildman–Crippen LogP) is 1.08. The highest BCUT2D eigenvalue weighted by Gasteiger charge is 2.25. The van der Waals surface area contributed by atoms with Crippen molar-refractivity contribution in [3.8, 4) is 0 Å². The van der Waals surface area contributed by atoms with E-state index in [1.807, 2.05) is 0 Å². The quantitative estimate of drug-likeness (QED) is 0.731. The monoisotopic (exact) mass is 229 g/mol. The van der Waals surface area contributed by atoms with Crippen molar-refractivity contribution in [2.45, 2.75) is 38.8 Å². The van der Waals surface area contributed by atoms with Crippen molar-refractivity contribution < 1.29 is 0 Å². The Morgan fingerprint density at radius 2 is 2.20 bits per heavy atom. The van der Waals surface area contributed by atoms with Gasteiger partial charge in [-0.1, -0.05) is 19.1 Å². The van der Waals surface area contributed by atoms with E-state index in [1.54, 1.807) is 0 Å². The van der Waals surface area contributed by atoms with E-state index in [0.717, 1.165) is 32.5 Å². The molecular weight excluding hydrogens is 206 g/mol. The molecule has 1 heterocycles. The number of likely N-dealkylation sites (N-methyl/N-ethyl adjacent to an activating group) is 1. The number of nitrogens with two attached hydrogens (primary N) is 1. The molecule has 0 bridgehead atoms. The van der Waals surface area contributed by atoms with E-state index in [4.69, 9.17) is 18.0 Å². The minimum Gasteiger partial charge on any atom is -0.393 e. The molecule has 4 heteroatoms. The van der Waals surface area contributed by atoms with Crippen LogP contribution in [0.2, 0.25) is 0 Å². The second-order valence-corrected chi connectivity index (χ2v) is 5.08. The lowest BCUT2D eigenvalue weighted by molar-refractivity contribution is 0.0726. The number of piperazine rings is 1. The van der Waals surface area contributed by atoms with Crippen LogP contribution in [0.15, 0.2) is 0 Å². The second-order valence-electron chi connectivity index (χ2n) is 4.56. The lowest BCUT2D eigenvalue weighted by atomic mass is 10.1. The van der Waals surface area contributed by atoms with Gasteiger partial charge in [0.2, 0.25) is 0 Å². The largest absolute Gasteiger partial charge is 0.393 e. The zero-order chi connectivity index (χ0) is 11.4. The summed E-state index contributed by atoms with van der Waals surface area (Å²) in [5.41, 5.74) is 5.63. The Kier molecular flexibility index (Phi) is 4.96. The van der Waals surface area contributed by atoms with Crippen LogP contribution in [-0.2, 0) is 0 Å². The molecule has 0 aliphatic carbocycles. The summed E-state index contributed by atoms with van der Waals surface area (Å²) in [5, 5.41) is 0. The van der Waals surface area contributed by atoms with Crippen LogP contribution in [0, 0.1) is 0 Å². The van der Waals surface area contributed by atoms with E-state index < -0.39 is 0 Å². The van der Waals surface area contributed by atoms with Gasteiger partial charge in [-0.15, -0.1) is 0 Å². The van der Waals surface area contributed by atoms with Gasteiger partial charge in [0, 0.05) is 38.1 Å². The Hall–Kier alpha value is -0.190. The summed E-state index contributed by atoms with van der Waals surface area (Å²) < 4.78 is 0. The van der Waals surface area contributed by atoms with Crippen LogP contribution < -0.4 is 5.73 Å². The van der Waals surface area contributed by atoms with Gasteiger partial charge in [-0.25, -0.2) is 0 Å². The highest BCUT2D eigenvalue weighted by atomic mass is 32.1. The number of hydrogen-bond acceptors (Lipinski definition) is 3. The second kappa shape index (κ2) is 5.77. The molecule has 1 aliphatic heterocycles. The van der Waals surface area contributed by atoms with E-state index in [-0.39, 0.29) is 0 Å². The van der Waals surface area contributed by atoms with Crippen molar-refractivity contribution in [3.63, 3.8) is 0 Å². The molecule has 0 aromatic heterocycles. The van der Waals surface area contributed by atoms with Crippen LogP contribution in [0.5, 0.6) is 0 Å². The van der Waals surface area contributed by atoms with E-state index in [2.05, 4.69) is 30.7 Å². The molecule has 15 heavy (non-hydrogen) atoms. The minimum absolute atomic E-state index is 0.540. The highest BCUT2D eigenvalue weighted by Crippen LogP contribution is 2.15. The summed E-state index contributed by atoms with van der Waals surface area (Å²) in [4.78, 5) is 5.59. The van der Waals surface area contributed by atoms with Gasteiger partial charge in [-0.3, -0.25) is 4.90 Å². The lowest BCUT2D eigenvalue weighted by Crippen LogP contribution is -2.53. The van der Waals surface area contributed by atoms with Crippen LogP contribution in [-0.4, -0.2) is 53.6 Å². The molecule has 1 aliphatic rings. The van der Waals surface area contributed by atoms with Crippen molar-refractivity contribution in [1.82, 2.24) is 9.80 Å². The molecule has 0 radical (unpaired) electrons. The number of hydrogen-bond donors (Lipinski definition) is 1. The van der Waals surface area contributed by atoms with Crippen LogP contribution in [0.3, 0.4) is 0 Å². The van der Waals surface area contributed by atoms with Crippen molar-refractivity contribution in [2.24, 2.45) is 5.73 Å². The Bertz CT molecular complexity index is 220. The van der Waals surface area contributed by atoms with Crippen molar-refractivity contribution in [3.05, 3.63) is 0 Å². The van der Waals surface area contributed by atoms with E-state index in [9.17, 15) is 0 Å². The maximum Gasteiger partial charge on any atom is 0.0743 e. The van der Waals surface area contributed by atoms with Gasteiger partial charge in [0.1, 0.15) is 0 Å². The first-order chi connectivity index (χ1) is 7.04. The first kappa shape index (κ1) is 12.9. The fourth-order valence-corrected chi connectivity index (χ4v) is 2.36. The van der Waals surface area contributed by atoms with Crippen molar-refractivity contribution in [2.75, 3.05) is 26.7 Å². The summed E-state index contributed by atoms with van der Waals surface area (Å²) in [7, 11) is 2.19. The van der Waals surface area contributed by atoms with Crippen molar-refractivity contribution in [1.29, 1.82) is 0 Å². The maximum absolute atomic E-state index is 5.63. The van der Waals surface area contributed by atoms with Gasteiger partial charge in [-0.2, -0.15) is 0 Å². The van der Waals surface area contributed by atoms with Gasteiger partial charge in [-0.05, 0) is 20.4 Å². The van der Waals surface area contributed by atoms with E-state index in [1.165, 1.54) is 0 Å². The molecule has 0 aromatic carbocycles. The van der Waals surface area contributed by atoms with Crippen LogP contribution in [0.1, 0.15) is 26.7 Å². The fraction of sp³-hybridized carbons (Fsp3) is 0.909. The minimum atomic E-state index is 0.540. The summed E-state index contributed by atoms with van der Waals surface area (Å²) in [5.74, 6) is 0. The summed E-state index contributed by atoms with van der Waals surface area (Å²) in [6, 6.07) is 1.18. The summed E-state index contributed by atoms with van der Waals surface area (Å²) in [6.45, 7) is 7.92. The van der Waals surface area contributed by atoms with Crippen molar-refractivity contribution >= 4 is 17.2 Å². The third-order valence-corrected chi connectivity index (χ3v) is 3.58. The standard InChI is InChI=1S/C11H23N3S/c1-4-10(7-11(12)15)14-6-5-13(3)9(2)8-14/h9-10H,4-8H2,1-3H3,(H2,12,15). The fourth-order valence-electron chi connectivity index (χ4n) is 2.17. The Labute approximate surface area is 98.6 Å². The molecule has 2 unspecified atom stereocenters. The topological polar surface area (TPSA) is 32.5 Å². The Morgan fingerprint density at radius 1 is 1.53 bits per heavy atom. The van der Waals surface area contributed by atoms with Crippen LogP contribution in [0.25, 0.3) is 0 Å². The van der Waals surface area contributed by atoms with Crippen LogP contribution in [0.4, 0.5) is 0 Å². The molecule has 2 atom stereocenters. The lowest BCUT2D eigenvalue weighted by Gasteiger charge is -2.41. The molecule has 2 N–H and O–H groups in total. The van der Waals surface area contributed by atoms with E-state index in [0.29, 0.717) is 17.1 Å². The normalized spacial score (nSPS) is 26.5. The van der Waals surface area contributed by atoms with Gasteiger partial charge >= 0.3 is 0 Å². The molecule has 3 nitrogen and oxygen atoms in total. The molecule has 1 saturated heterocycles. The number of thiocarbonyl (C=S) groups is 1. The molecule has 0 spiro atoms. The SMILES string of the molecule is CCC(CC(N)=S)N1CCN(C)C(C)C1. The molecule has 1 rings (SSSR count). The smallest absolute Gasteiger partial charge is 0.0743 e. The number of rotatable bonds is 4. The molecule has 1 fully saturated rings. The molecule has 0 amide bonds. The maximum atomic E-state index is 5.63.